The molecule has 2 aromatic rings. The molecule has 6 heteroatoms. The summed E-state index contributed by atoms with van der Waals surface area (Å²) in [5.41, 5.74) is 0.723. The van der Waals surface area contributed by atoms with Gasteiger partial charge in [-0.25, -0.2) is 9.59 Å². The zero-order valence-electron chi connectivity index (χ0n) is 14.0. The lowest BCUT2D eigenvalue weighted by Crippen LogP contribution is -2.13. The van der Waals surface area contributed by atoms with Crippen LogP contribution < -0.4 is 9.47 Å². The molecule has 0 saturated carbocycles. The highest BCUT2D eigenvalue weighted by atomic mass is 16.7. The highest BCUT2D eigenvalue weighted by Gasteiger charge is 2.18. The van der Waals surface area contributed by atoms with E-state index in [-0.39, 0.29) is 13.2 Å². The first-order valence-corrected chi connectivity index (χ1v) is 7.84. The Morgan fingerprint density at radius 2 is 1.46 bits per heavy atom. The second kappa shape index (κ2) is 8.19. The second-order valence-corrected chi connectivity index (χ2v) is 4.83. The summed E-state index contributed by atoms with van der Waals surface area (Å²) in [5.74, 6) is 0.764. The lowest BCUT2D eigenvalue weighted by Gasteiger charge is -2.15. The van der Waals surface area contributed by atoms with Gasteiger partial charge >= 0.3 is 12.3 Å². The zero-order chi connectivity index (χ0) is 17.5. The number of hydrogen-bond acceptors (Lipinski definition) is 6. The predicted molar refractivity (Wildman–Crippen MR) is 88.6 cm³/mol. The van der Waals surface area contributed by atoms with E-state index in [1.54, 1.807) is 38.1 Å². The summed E-state index contributed by atoms with van der Waals surface area (Å²) in [6.45, 7) is 5.77. The van der Waals surface area contributed by atoms with Crippen molar-refractivity contribution in [3.05, 3.63) is 35.9 Å². The van der Waals surface area contributed by atoms with Crippen LogP contribution in [0.1, 0.15) is 26.3 Å². The quantitative estimate of drug-likeness (QED) is 0.594. The molecule has 0 unspecified atom stereocenters. The Kier molecular flexibility index (Phi) is 6.01. The summed E-state index contributed by atoms with van der Waals surface area (Å²) in [4.78, 5) is 23.4. The second-order valence-electron chi connectivity index (χ2n) is 4.83. The van der Waals surface area contributed by atoms with Crippen LogP contribution in [0.2, 0.25) is 0 Å². The van der Waals surface area contributed by atoms with E-state index in [2.05, 4.69) is 0 Å². The number of fused-ring (bicyclic) bond motifs is 1. The van der Waals surface area contributed by atoms with Crippen LogP contribution >= 0.6 is 0 Å². The fourth-order valence-electron chi connectivity index (χ4n) is 2.31. The van der Waals surface area contributed by atoms with Gasteiger partial charge in [-0.1, -0.05) is 31.2 Å². The fraction of sp³-hybridized carbons (Fsp3) is 0.333. The first-order chi connectivity index (χ1) is 11.6. The van der Waals surface area contributed by atoms with Crippen LogP contribution in [0.5, 0.6) is 11.5 Å². The molecule has 0 heterocycles. The predicted octanol–water partition coefficient (Wildman–Crippen LogP) is 4.47. The molecule has 0 aliphatic carbocycles. The number of hydrogen-bond donors (Lipinski definition) is 0. The minimum absolute atomic E-state index is 0.224. The Balaban J connectivity index is 2.51. The minimum Gasteiger partial charge on any atom is -0.434 e. The molecule has 24 heavy (non-hydrogen) atoms. The number of ether oxygens (including phenoxy) is 4. The summed E-state index contributed by atoms with van der Waals surface area (Å²) in [6.07, 6.45) is -0.959. The molecule has 0 fully saturated rings. The summed E-state index contributed by atoms with van der Waals surface area (Å²) in [5, 5.41) is 1.30. The van der Waals surface area contributed by atoms with E-state index in [9.17, 15) is 9.59 Å². The lowest BCUT2D eigenvalue weighted by molar-refractivity contribution is 0.102. The van der Waals surface area contributed by atoms with Crippen LogP contribution in [0, 0.1) is 0 Å². The van der Waals surface area contributed by atoms with Crippen LogP contribution in [0.25, 0.3) is 10.8 Å². The average Bonchev–Trinajstić information content (AvgIpc) is 2.57. The third-order valence-corrected chi connectivity index (χ3v) is 3.32. The van der Waals surface area contributed by atoms with E-state index in [4.69, 9.17) is 18.9 Å². The van der Waals surface area contributed by atoms with Gasteiger partial charge < -0.3 is 18.9 Å². The highest BCUT2D eigenvalue weighted by molar-refractivity contribution is 5.96. The normalized spacial score (nSPS) is 10.3. The molecular formula is C18H20O6. The Bertz CT molecular complexity index is 738. The molecule has 2 aromatic carbocycles. The van der Waals surface area contributed by atoms with Crippen molar-refractivity contribution in [2.75, 3.05) is 13.2 Å². The third-order valence-electron chi connectivity index (χ3n) is 3.32. The van der Waals surface area contributed by atoms with Gasteiger partial charge in [0.15, 0.2) is 0 Å². The van der Waals surface area contributed by atoms with Gasteiger partial charge in [0.1, 0.15) is 11.5 Å². The van der Waals surface area contributed by atoms with Gasteiger partial charge in [0.25, 0.3) is 0 Å². The summed E-state index contributed by atoms with van der Waals surface area (Å²) >= 11 is 0. The maximum absolute atomic E-state index is 11.7. The molecule has 0 aromatic heterocycles. The number of carbonyl (C=O) groups excluding carboxylic acids is 2. The topological polar surface area (TPSA) is 71.1 Å². The standard InChI is InChI=1S/C18H20O6/c1-4-12-11-15(23-17(19)21-5-2)13-9-7-8-10-14(13)16(12)24-18(20)22-6-3/h7-11H,4-6H2,1-3H3. The molecule has 0 saturated heterocycles. The van der Waals surface area contributed by atoms with E-state index in [1.165, 1.54) is 0 Å². The molecule has 0 N–H and O–H groups in total. The van der Waals surface area contributed by atoms with Crippen molar-refractivity contribution < 1.29 is 28.5 Å². The van der Waals surface area contributed by atoms with Gasteiger partial charge in [0.2, 0.25) is 0 Å². The van der Waals surface area contributed by atoms with Gasteiger partial charge in [-0.15, -0.1) is 0 Å². The van der Waals surface area contributed by atoms with E-state index < -0.39 is 12.3 Å². The Labute approximate surface area is 140 Å². The van der Waals surface area contributed by atoms with Gasteiger partial charge in [-0.2, -0.15) is 0 Å². The molecular weight excluding hydrogens is 312 g/mol. The highest BCUT2D eigenvalue weighted by Crippen LogP contribution is 2.37. The molecule has 0 bridgehead atoms. The largest absolute Gasteiger partial charge is 0.513 e. The lowest BCUT2D eigenvalue weighted by atomic mass is 10.0. The van der Waals surface area contributed by atoms with Crippen molar-refractivity contribution in [2.24, 2.45) is 0 Å². The maximum atomic E-state index is 11.7. The first-order valence-electron chi connectivity index (χ1n) is 7.84. The molecule has 128 valence electrons. The van der Waals surface area contributed by atoms with Crippen molar-refractivity contribution in [2.45, 2.75) is 27.2 Å². The average molecular weight is 332 g/mol. The molecule has 0 atom stereocenters. The van der Waals surface area contributed by atoms with Gasteiger partial charge in [0.05, 0.1) is 13.2 Å². The summed E-state index contributed by atoms with van der Waals surface area (Å²) in [7, 11) is 0. The van der Waals surface area contributed by atoms with E-state index in [0.717, 1.165) is 5.56 Å². The van der Waals surface area contributed by atoms with Crippen molar-refractivity contribution in [3.63, 3.8) is 0 Å². The van der Waals surface area contributed by atoms with Gasteiger partial charge in [-0.3, -0.25) is 0 Å². The maximum Gasteiger partial charge on any atom is 0.513 e. The van der Waals surface area contributed by atoms with Gasteiger partial charge in [-0.05, 0) is 31.9 Å². The minimum atomic E-state index is -0.774. The van der Waals surface area contributed by atoms with Crippen LogP contribution in [0.15, 0.2) is 30.3 Å². The van der Waals surface area contributed by atoms with E-state index in [0.29, 0.717) is 28.7 Å². The van der Waals surface area contributed by atoms with Gasteiger partial charge in [0, 0.05) is 10.8 Å². The summed E-state index contributed by atoms with van der Waals surface area (Å²) in [6, 6.07) is 8.87. The number of rotatable bonds is 5. The van der Waals surface area contributed by atoms with Crippen LogP contribution in [-0.2, 0) is 15.9 Å². The molecule has 0 aliphatic heterocycles. The van der Waals surface area contributed by atoms with Crippen LogP contribution in [0.3, 0.4) is 0 Å². The van der Waals surface area contributed by atoms with Crippen molar-refractivity contribution in [3.8, 4) is 11.5 Å². The fourth-order valence-corrected chi connectivity index (χ4v) is 2.31. The Morgan fingerprint density at radius 1 is 0.875 bits per heavy atom. The molecule has 0 radical (unpaired) electrons. The van der Waals surface area contributed by atoms with Crippen molar-refractivity contribution in [1.82, 2.24) is 0 Å². The Hall–Kier alpha value is -2.76. The number of benzene rings is 2. The molecule has 2 rings (SSSR count). The van der Waals surface area contributed by atoms with Crippen LogP contribution in [-0.4, -0.2) is 25.5 Å². The molecule has 6 nitrogen and oxygen atoms in total. The summed E-state index contributed by atoms with van der Waals surface area (Å²) < 4.78 is 20.3. The SMILES string of the molecule is CCOC(=O)Oc1cc(CC)c(OC(=O)OCC)c2ccccc12. The zero-order valence-corrected chi connectivity index (χ0v) is 14.0. The van der Waals surface area contributed by atoms with Crippen molar-refractivity contribution >= 4 is 23.1 Å². The van der Waals surface area contributed by atoms with E-state index in [1.807, 2.05) is 13.0 Å². The number of carbonyl (C=O) groups is 2. The Morgan fingerprint density at radius 3 is 2.04 bits per heavy atom. The third kappa shape index (κ3) is 3.95. The smallest absolute Gasteiger partial charge is 0.434 e. The molecule has 0 amide bonds. The van der Waals surface area contributed by atoms with E-state index >= 15 is 0 Å². The molecule has 0 aliphatic rings. The number of aryl methyl sites for hydroxylation is 1. The van der Waals surface area contributed by atoms with Crippen LogP contribution in [0.4, 0.5) is 9.59 Å². The first kappa shape index (κ1) is 17.6. The monoisotopic (exact) mass is 332 g/mol. The van der Waals surface area contributed by atoms with Crippen molar-refractivity contribution in [1.29, 1.82) is 0 Å². The molecule has 0 spiro atoms.